The third-order valence-corrected chi connectivity index (χ3v) is 4.57. The number of esters is 1. The van der Waals surface area contributed by atoms with Crippen molar-refractivity contribution >= 4 is 11.9 Å². The average Bonchev–Trinajstić information content (AvgIpc) is 2.95. The Hall–Kier alpha value is -1.30. The molecule has 6 heteroatoms. The highest BCUT2D eigenvalue weighted by molar-refractivity contribution is 5.84. The number of nitrogens with one attached hydrogen (secondary N) is 1. The molecular formula is C18H34N4O2. The van der Waals surface area contributed by atoms with Gasteiger partial charge in [-0.1, -0.05) is 6.42 Å². The molecule has 138 valence electrons. The van der Waals surface area contributed by atoms with Crippen LogP contribution in [0.4, 0.5) is 0 Å². The smallest absolute Gasteiger partial charge is 0.325 e. The van der Waals surface area contributed by atoms with E-state index >= 15 is 0 Å². The number of rotatable bonds is 4. The van der Waals surface area contributed by atoms with Crippen LogP contribution in [0.25, 0.3) is 0 Å². The van der Waals surface area contributed by atoms with Crippen LogP contribution in [0.1, 0.15) is 46.5 Å². The second-order valence-electron chi connectivity index (χ2n) is 7.95. The number of hydrogen-bond acceptors (Lipinski definition) is 4. The molecule has 0 aromatic heterocycles. The molecule has 0 aliphatic carbocycles. The summed E-state index contributed by atoms with van der Waals surface area (Å²) in [6, 6.07) is 0. The van der Waals surface area contributed by atoms with Crippen LogP contribution >= 0.6 is 0 Å². The largest absolute Gasteiger partial charge is 0.459 e. The second kappa shape index (κ2) is 8.70. The van der Waals surface area contributed by atoms with Crippen molar-refractivity contribution in [3.63, 3.8) is 0 Å². The highest BCUT2D eigenvalue weighted by Gasteiger charge is 2.27. The van der Waals surface area contributed by atoms with Crippen molar-refractivity contribution in [1.29, 1.82) is 0 Å². The van der Waals surface area contributed by atoms with Gasteiger partial charge >= 0.3 is 5.97 Å². The summed E-state index contributed by atoms with van der Waals surface area (Å²) in [5.41, 5.74) is -0.449. The number of nitrogens with zero attached hydrogens (tertiary/aromatic N) is 3. The van der Waals surface area contributed by atoms with Crippen LogP contribution in [-0.2, 0) is 9.53 Å². The third-order valence-electron chi connectivity index (χ3n) is 4.57. The van der Waals surface area contributed by atoms with Crippen LogP contribution in [0.5, 0.6) is 0 Å². The van der Waals surface area contributed by atoms with Gasteiger partial charge < -0.3 is 19.9 Å². The zero-order valence-electron chi connectivity index (χ0n) is 15.8. The van der Waals surface area contributed by atoms with Crippen LogP contribution in [-0.4, -0.2) is 73.6 Å². The molecule has 2 heterocycles. The molecule has 24 heavy (non-hydrogen) atoms. The van der Waals surface area contributed by atoms with E-state index in [2.05, 4.69) is 20.1 Å². The fourth-order valence-corrected chi connectivity index (χ4v) is 3.54. The summed E-state index contributed by atoms with van der Waals surface area (Å²) in [4.78, 5) is 21.1. The van der Waals surface area contributed by atoms with Crippen molar-refractivity contribution in [2.45, 2.75) is 52.1 Å². The molecule has 0 amide bonds. The van der Waals surface area contributed by atoms with Crippen LogP contribution in [0, 0.1) is 5.92 Å². The van der Waals surface area contributed by atoms with Gasteiger partial charge in [-0.25, -0.2) is 0 Å². The first kappa shape index (κ1) is 19.0. The van der Waals surface area contributed by atoms with Crippen LogP contribution < -0.4 is 5.32 Å². The van der Waals surface area contributed by atoms with Gasteiger partial charge in [0.1, 0.15) is 12.1 Å². The molecule has 2 aliphatic rings. The van der Waals surface area contributed by atoms with E-state index in [4.69, 9.17) is 4.74 Å². The Labute approximate surface area is 146 Å². The normalized spacial score (nSPS) is 23.4. The number of carbonyl (C=O) groups excluding carboxylic acids is 1. The van der Waals surface area contributed by atoms with E-state index in [0.717, 1.165) is 19.0 Å². The third kappa shape index (κ3) is 6.30. The summed E-state index contributed by atoms with van der Waals surface area (Å²) in [5, 5.41) is 3.15. The lowest BCUT2D eigenvalue weighted by Crippen LogP contribution is -2.44. The summed E-state index contributed by atoms with van der Waals surface area (Å²) in [6.45, 7) is 11.5. The van der Waals surface area contributed by atoms with Crippen LogP contribution in [0.15, 0.2) is 4.99 Å². The SMILES string of the molecule is CN=C(NCC(=O)OC(C)(C)C)N1CCC(CN2CCCCC2)C1. The van der Waals surface area contributed by atoms with E-state index in [9.17, 15) is 4.79 Å². The summed E-state index contributed by atoms with van der Waals surface area (Å²) < 4.78 is 5.34. The molecule has 0 saturated carbocycles. The zero-order valence-corrected chi connectivity index (χ0v) is 15.8. The minimum Gasteiger partial charge on any atom is -0.459 e. The predicted molar refractivity (Wildman–Crippen MR) is 97.2 cm³/mol. The summed E-state index contributed by atoms with van der Waals surface area (Å²) in [5.74, 6) is 1.26. The summed E-state index contributed by atoms with van der Waals surface area (Å²) in [6.07, 6.45) is 5.27. The van der Waals surface area contributed by atoms with Gasteiger partial charge in [0, 0.05) is 26.7 Å². The van der Waals surface area contributed by atoms with Gasteiger partial charge in [0.15, 0.2) is 5.96 Å². The lowest BCUT2D eigenvalue weighted by atomic mass is 10.1. The van der Waals surface area contributed by atoms with Gasteiger partial charge in [-0.05, 0) is 59.0 Å². The topological polar surface area (TPSA) is 57.2 Å². The first-order valence-electron chi connectivity index (χ1n) is 9.27. The summed E-state index contributed by atoms with van der Waals surface area (Å²) >= 11 is 0. The maximum absolute atomic E-state index is 11.9. The van der Waals surface area contributed by atoms with Gasteiger partial charge in [0.25, 0.3) is 0 Å². The highest BCUT2D eigenvalue weighted by Crippen LogP contribution is 2.19. The second-order valence-corrected chi connectivity index (χ2v) is 7.95. The number of carbonyl (C=O) groups is 1. The fraction of sp³-hybridized carbons (Fsp3) is 0.889. The van der Waals surface area contributed by atoms with E-state index in [1.165, 1.54) is 45.3 Å². The number of aliphatic imine (C=N–C) groups is 1. The van der Waals surface area contributed by atoms with Gasteiger partial charge in [-0.3, -0.25) is 9.79 Å². The number of guanidine groups is 1. The lowest BCUT2D eigenvalue weighted by molar-refractivity contribution is -0.153. The molecule has 2 rings (SSSR count). The minimum absolute atomic E-state index is 0.164. The first-order chi connectivity index (χ1) is 11.4. The van der Waals surface area contributed by atoms with Crippen molar-refractivity contribution in [2.24, 2.45) is 10.9 Å². The molecular weight excluding hydrogens is 304 g/mol. The molecule has 6 nitrogen and oxygen atoms in total. The van der Waals surface area contributed by atoms with Crippen molar-refractivity contribution in [3.05, 3.63) is 0 Å². The predicted octanol–water partition coefficient (Wildman–Crippen LogP) is 1.71. The van der Waals surface area contributed by atoms with E-state index in [1.54, 1.807) is 7.05 Å². The first-order valence-corrected chi connectivity index (χ1v) is 9.27. The van der Waals surface area contributed by atoms with Gasteiger partial charge in [-0.15, -0.1) is 0 Å². The summed E-state index contributed by atoms with van der Waals surface area (Å²) in [7, 11) is 1.77. The monoisotopic (exact) mass is 338 g/mol. The van der Waals surface area contributed by atoms with Gasteiger partial charge in [0.2, 0.25) is 0 Å². The Kier molecular flexibility index (Phi) is 6.90. The molecule has 0 aromatic rings. The number of ether oxygens (including phenoxy) is 1. The fourth-order valence-electron chi connectivity index (χ4n) is 3.54. The van der Waals surface area contributed by atoms with E-state index in [1.807, 2.05) is 20.8 Å². The standard InChI is InChI=1S/C18H34N4O2/c1-18(2,3)24-16(23)12-20-17(19-4)22-11-8-15(14-22)13-21-9-6-5-7-10-21/h15H,5-14H2,1-4H3,(H,19,20). The van der Waals surface area contributed by atoms with Crippen molar-refractivity contribution in [3.8, 4) is 0 Å². The van der Waals surface area contributed by atoms with Crippen LogP contribution in [0.2, 0.25) is 0 Å². The molecule has 0 aromatic carbocycles. The quantitative estimate of drug-likeness (QED) is 0.480. The number of hydrogen-bond donors (Lipinski definition) is 1. The van der Waals surface area contributed by atoms with Gasteiger partial charge in [-0.2, -0.15) is 0 Å². The molecule has 2 aliphatic heterocycles. The molecule has 1 N–H and O–H groups in total. The molecule has 1 atom stereocenters. The molecule has 1 unspecified atom stereocenters. The molecule has 0 spiro atoms. The minimum atomic E-state index is -0.449. The van der Waals surface area contributed by atoms with Crippen LogP contribution in [0.3, 0.4) is 0 Å². The zero-order chi connectivity index (χ0) is 17.6. The maximum Gasteiger partial charge on any atom is 0.325 e. The number of likely N-dealkylation sites (tertiary alicyclic amines) is 2. The highest BCUT2D eigenvalue weighted by atomic mass is 16.6. The van der Waals surface area contributed by atoms with Crippen molar-refractivity contribution < 1.29 is 9.53 Å². The van der Waals surface area contributed by atoms with E-state index in [-0.39, 0.29) is 12.5 Å². The molecule has 2 fully saturated rings. The molecule has 0 radical (unpaired) electrons. The Bertz CT molecular complexity index is 439. The average molecular weight is 338 g/mol. The van der Waals surface area contributed by atoms with Gasteiger partial charge in [0.05, 0.1) is 0 Å². The Morgan fingerprint density at radius 3 is 2.54 bits per heavy atom. The van der Waals surface area contributed by atoms with Crippen molar-refractivity contribution in [1.82, 2.24) is 15.1 Å². The maximum atomic E-state index is 11.9. The van der Waals surface area contributed by atoms with E-state index in [0.29, 0.717) is 5.92 Å². The Morgan fingerprint density at radius 1 is 1.21 bits per heavy atom. The molecule has 0 bridgehead atoms. The lowest BCUT2D eigenvalue weighted by Gasteiger charge is -2.29. The number of piperidine rings is 1. The van der Waals surface area contributed by atoms with E-state index < -0.39 is 5.60 Å². The molecule has 2 saturated heterocycles. The van der Waals surface area contributed by atoms with Crippen molar-refractivity contribution in [2.75, 3.05) is 46.3 Å². The Morgan fingerprint density at radius 2 is 1.92 bits per heavy atom. The Balaban J connectivity index is 1.74.